The fourth-order valence-electron chi connectivity index (χ4n) is 17.1. The molecular formula is C57H90O26. The van der Waals surface area contributed by atoms with Crippen molar-refractivity contribution in [3.05, 3.63) is 11.6 Å². The topological polar surface area (TPSA) is 410 Å². The molecule has 10 rings (SSSR count). The van der Waals surface area contributed by atoms with E-state index in [1.54, 1.807) is 0 Å². The number of aliphatic hydroxyl groups excluding tert-OH is 13. The number of allylic oxidation sites excluding steroid dienone is 2. The molecule has 30 atom stereocenters. The Bertz CT molecular complexity index is 2360. The van der Waals surface area contributed by atoms with Gasteiger partial charge in [0, 0.05) is 11.8 Å². The number of rotatable bonds is 14. The molecule has 5 saturated heterocycles. The lowest BCUT2D eigenvalue weighted by Gasteiger charge is -2.71. The second-order valence-corrected chi connectivity index (χ2v) is 27.5. The van der Waals surface area contributed by atoms with Gasteiger partial charge in [-0.15, -0.1) is 0 Å². The van der Waals surface area contributed by atoms with Crippen molar-refractivity contribution in [1.82, 2.24) is 0 Å². The third-order valence-electron chi connectivity index (χ3n) is 22.5. The van der Waals surface area contributed by atoms with E-state index in [1.165, 1.54) is 5.57 Å². The van der Waals surface area contributed by atoms with Gasteiger partial charge in [-0.3, -0.25) is 9.59 Å². The quantitative estimate of drug-likeness (QED) is 0.0629. The molecule has 14 N–H and O–H groups in total. The van der Waals surface area contributed by atoms with Crippen LogP contribution in [0.1, 0.15) is 106 Å². The normalized spacial score (nSPS) is 53.3. The van der Waals surface area contributed by atoms with Crippen molar-refractivity contribution in [3.8, 4) is 0 Å². The summed E-state index contributed by atoms with van der Waals surface area (Å²) >= 11 is 0. The molecule has 10 aliphatic rings. The first-order valence-electron chi connectivity index (χ1n) is 29.5. The maximum atomic E-state index is 13.4. The fourth-order valence-corrected chi connectivity index (χ4v) is 17.1. The SMILES string of the molecule is CC1(C)CC2C3=CCC4C5(C)CCC(OC6OC(CO)C(OC7OCC(OC8OC(CO)C(OC9OCC(OC%10OC(CO)C(O)C(O)C%10O)C(O)C9O)C8O)C(O)C7O)C(O)C6O)C(C)(C)C5CCC4(C)C3(C)CCC2(C(=O)O)CC1=O. The molecule has 0 bridgehead atoms. The average Bonchev–Trinajstić information content (AvgIpc) is 1.08. The molecule has 83 heavy (non-hydrogen) atoms. The first-order chi connectivity index (χ1) is 38.9. The zero-order valence-corrected chi connectivity index (χ0v) is 48.1. The van der Waals surface area contributed by atoms with Gasteiger partial charge >= 0.3 is 5.97 Å². The van der Waals surface area contributed by atoms with E-state index < -0.39 is 197 Å². The molecule has 26 nitrogen and oxygen atoms in total. The number of Topliss-reactive ketones (excluding diaryl/α,β-unsaturated/α-hetero) is 1. The standard InChI is InChI=1S/C57H90O26/c1-52(2)16-24-23-8-9-31-54(5)12-11-33(53(3,4)30(54)10-13-56(31,7)55(23,6)14-15-57(24,51(72)73)17-32(52)61)81-49-42(70)38(66)44(26(19-59)77-49)82-46-39(67)36(64)29(22-74-46)80-50-43(71)45(27(20-60)78-50)83-47-40(68)35(63)28(21-75-47)79-48-41(69)37(65)34(62)25(18-58)76-48/h8,24-31,33-50,58-60,62-71H,9-22H2,1-7H3,(H,72,73). The number of ketones is 1. The lowest BCUT2D eigenvalue weighted by atomic mass is 9.33. The summed E-state index contributed by atoms with van der Waals surface area (Å²) in [6, 6.07) is 0. The molecule has 5 heterocycles. The highest BCUT2D eigenvalue weighted by atomic mass is 16.8. The maximum Gasteiger partial charge on any atom is 0.310 e. The summed E-state index contributed by atoms with van der Waals surface area (Å²) in [6.07, 6.45) is -28.3. The Kier molecular flexibility index (Phi) is 18.0. The highest BCUT2D eigenvalue weighted by molar-refractivity contribution is 5.92. The van der Waals surface area contributed by atoms with Crippen molar-refractivity contribution in [2.24, 2.45) is 50.2 Å². The van der Waals surface area contributed by atoms with Gasteiger partial charge in [0.25, 0.3) is 0 Å². The van der Waals surface area contributed by atoms with Crippen LogP contribution in [-0.2, 0) is 57.0 Å². The van der Waals surface area contributed by atoms with E-state index in [0.717, 1.165) is 25.7 Å². The Labute approximate surface area is 481 Å². The molecule has 0 spiro atoms. The highest BCUT2D eigenvalue weighted by Crippen LogP contribution is 2.76. The number of fused-ring (bicyclic) bond motifs is 7. The highest BCUT2D eigenvalue weighted by Gasteiger charge is 2.71. The van der Waals surface area contributed by atoms with Crippen LogP contribution in [0.2, 0.25) is 0 Å². The number of aliphatic carboxylic acids is 1. The van der Waals surface area contributed by atoms with Gasteiger partial charge in [-0.1, -0.05) is 60.1 Å². The monoisotopic (exact) mass is 1190 g/mol. The minimum atomic E-state index is -1.90. The predicted octanol–water partition coefficient (Wildman–Crippen LogP) is -2.55. The zero-order chi connectivity index (χ0) is 60.4. The smallest absolute Gasteiger partial charge is 0.310 e. The number of aliphatic hydroxyl groups is 13. The van der Waals surface area contributed by atoms with Crippen LogP contribution in [0.5, 0.6) is 0 Å². The molecule has 0 amide bonds. The molecule has 30 unspecified atom stereocenters. The number of ether oxygens (including phenoxy) is 10. The Morgan fingerprint density at radius 2 is 1.06 bits per heavy atom. The van der Waals surface area contributed by atoms with Crippen LogP contribution in [0.4, 0.5) is 0 Å². The first kappa shape index (κ1) is 64.0. The molecule has 0 radical (unpaired) electrons. The van der Waals surface area contributed by atoms with Gasteiger partial charge in [0.05, 0.1) is 44.6 Å². The maximum absolute atomic E-state index is 13.4. The molecule has 0 aromatic carbocycles. The largest absolute Gasteiger partial charge is 0.481 e. The van der Waals surface area contributed by atoms with Gasteiger partial charge in [-0.05, 0) is 90.8 Å². The van der Waals surface area contributed by atoms with Gasteiger partial charge in [0.15, 0.2) is 31.5 Å². The predicted molar refractivity (Wildman–Crippen MR) is 278 cm³/mol. The van der Waals surface area contributed by atoms with E-state index in [2.05, 4.69) is 40.7 Å². The van der Waals surface area contributed by atoms with E-state index in [0.29, 0.717) is 25.7 Å². The number of carbonyl (C=O) groups is 2. The Morgan fingerprint density at radius 1 is 0.554 bits per heavy atom. The third-order valence-corrected chi connectivity index (χ3v) is 22.5. The second-order valence-electron chi connectivity index (χ2n) is 27.5. The zero-order valence-electron chi connectivity index (χ0n) is 48.1. The van der Waals surface area contributed by atoms with Gasteiger partial charge in [0.1, 0.15) is 110 Å². The summed E-state index contributed by atoms with van der Waals surface area (Å²) in [7, 11) is 0. The molecule has 5 aliphatic heterocycles. The van der Waals surface area contributed by atoms with Crippen LogP contribution >= 0.6 is 0 Å². The van der Waals surface area contributed by atoms with Crippen LogP contribution in [0, 0.1) is 50.2 Å². The van der Waals surface area contributed by atoms with Gasteiger partial charge in [-0.2, -0.15) is 0 Å². The lowest BCUT2D eigenvalue weighted by molar-refractivity contribution is -0.365. The van der Waals surface area contributed by atoms with Crippen LogP contribution in [0.25, 0.3) is 0 Å². The summed E-state index contributed by atoms with van der Waals surface area (Å²) < 4.78 is 58.3. The van der Waals surface area contributed by atoms with E-state index in [4.69, 9.17) is 47.4 Å². The van der Waals surface area contributed by atoms with Crippen molar-refractivity contribution in [2.45, 2.75) is 248 Å². The summed E-state index contributed by atoms with van der Waals surface area (Å²) in [4.78, 5) is 26.5. The van der Waals surface area contributed by atoms with E-state index >= 15 is 0 Å². The first-order valence-corrected chi connectivity index (χ1v) is 29.5. The number of hydrogen-bond donors (Lipinski definition) is 14. The Morgan fingerprint density at radius 3 is 1.61 bits per heavy atom. The van der Waals surface area contributed by atoms with Crippen LogP contribution in [-0.4, -0.2) is 258 Å². The number of carboxylic acids is 1. The minimum Gasteiger partial charge on any atom is -0.481 e. The summed E-state index contributed by atoms with van der Waals surface area (Å²) in [5.41, 5.74) is -1.56. The van der Waals surface area contributed by atoms with Gasteiger partial charge < -0.3 is 119 Å². The summed E-state index contributed by atoms with van der Waals surface area (Å²) in [5.74, 6) is -0.676. The van der Waals surface area contributed by atoms with E-state index in [9.17, 15) is 81.1 Å². The Hall–Kier alpha value is -2.04. The average molecular weight is 1190 g/mol. The van der Waals surface area contributed by atoms with E-state index in [1.807, 2.05) is 13.8 Å². The van der Waals surface area contributed by atoms with Crippen LogP contribution < -0.4 is 0 Å². The number of carboxylic acid groups (broad SMARTS) is 1. The van der Waals surface area contributed by atoms with Gasteiger partial charge in [-0.25, -0.2) is 0 Å². The molecule has 0 aromatic heterocycles. The van der Waals surface area contributed by atoms with Crippen molar-refractivity contribution in [1.29, 1.82) is 0 Å². The van der Waals surface area contributed by atoms with Gasteiger partial charge in [0.2, 0.25) is 0 Å². The van der Waals surface area contributed by atoms with Crippen LogP contribution in [0.15, 0.2) is 11.6 Å². The van der Waals surface area contributed by atoms with Crippen molar-refractivity contribution >= 4 is 11.8 Å². The fraction of sp³-hybridized carbons (Fsp3) is 0.930. The summed E-state index contributed by atoms with van der Waals surface area (Å²) in [6.45, 7) is 12.1. The number of hydrogen-bond acceptors (Lipinski definition) is 25. The molecule has 26 heteroatoms. The summed E-state index contributed by atoms with van der Waals surface area (Å²) in [5, 5.41) is 151. The molecular weight excluding hydrogens is 1100 g/mol. The molecule has 474 valence electrons. The number of carbonyl (C=O) groups excluding carboxylic acids is 1. The molecule has 4 saturated carbocycles. The second kappa shape index (κ2) is 23.4. The van der Waals surface area contributed by atoms with Crippen molar-refractivity contribution in [3.63, 3.8) is 0 Å². The van der Waals surface area contributed by atoms with Crippen molar-refractivity contribution in [2.75, 3.05) is 33.0 Å². The molecule has 9 fully saturated rings. The van der Waals surface area contributed by atoms with Crippen molar-refractivity contribution < 1.29 is 128 Å². The third kappa shape index (κ3) is 10.5. The Balaban J connectivity index is 0.732. The molecule has 0 aromatic rings. The minimum absolute atomic E-state index is 0.0170. The lowest BCUT2D eigenvalue weighted by Crippen LogP contribution is -2.66. The van der Waals surface area contributed by atoms with E-state index in [-0.39, 0.29) is 46.2 Å². The van der Waals surface area contributed by atoms with Crippen LogP contribution in [0.3, 0.4) is 0 Å². The molecule has 5 aliphatic carbocycles.